The van der Waals surface area contributed by atoms with Gasteiger partial charge in [-0.3, -0.25) is 4.79 Å². The number of amides is 1. The average molecular weight is 292 g/mol. The Morgan fingerprint density at radius 1 is 1.35 bits per heavy atom. The molecule has 4 nitrogen and oxygen atoms in total. The molecule has 17 heavy (non-hydrogen) atoms. The van der Waals surface area contributed by atoms with Gasteiger partial charge in [-0.2, -0.15) is 0 Å². The third kappa shape index (κ3) is 3.76. The van der Waals surface area contributed by atoms with Crippen LogP contribution in [0.25, 0.3) is 0 Å². The molecule has 0 radical (unpaired) electrons. The van der Waals surface area contributed by atoms with E-state index in [1.54, 1.807) is 17.8 Å². The summed E-state index contributed by atoms with van der Waals surface area (Å²) in [5, 5.41) is 3.90. The number of nitrogens with one attached hydrogen (secondary N) is 3. The highest BCUT2D eigenvalue weighted by Gasteiger charge is 2.16. The van der Waals surface area contributed by atoms with E-state index in [1.165, 1.54) is 0 Å². The van der Waals surface area contributed by atoms with E-state index in [0.717, 1.165) is 11.3 Å². The number of benzene rings is 1. The Hall–Kier alpha value is -0.460. The first-order chi connectivity index (χ1) is 8.15. The molecule has 1 atom stereocenters. The molecule has 1 heterocycles. The van der Waals surface area contributed by atoms with Crippen LogP contribution in [0.4, 0.5) is 0 Å². The Labute approximate surface area is 113 Å². The van der Waals surface area contributed by atoms with Crippen molar-refractivity contribution < 1.29 is 4.79 Å². The van der Waals surface area contributed by atoms with Crippen LogP contribution in [0, 0.1) is 0 Å². The highest BCUT2D eigenvalue weighted by Crippen LogP contribution is 2.25. The number of carbonyl (C=O) groups excluding carboxylic acids is 1. The SMILES string of the molecule is O=C1CNNC(SCc2ccc(Cl)c(Cl)c2)N1. The first kappa shape index (κ1) is 13.0. The fourth-order valence-electron chi connectivity index (χ4n) is 1.35. The zero-order valence-electron chi connectivity index (χ0n) is 8.80. The molecule has 1 aromatic carbocycles. The number of hydrogen-bond acceptors (Lipinski definition) is 4. The summed E-state index contributed by atoms with van der Waals surface area (Å²) in [6, 6.07) is 5.51. The first-order valence-corrected chi connectivity index (χ1v) is 6.79. The van der Waals surface area contributed by atoms with E-state index >= 15 is 0 Å². The molecule has 1 unspecified atom stereocenters. The second kappa shape index (κ2) is 5.93. The van der Waals surface area contributed by atoms with Crippen molar-refractivity contribution in [2.75, 3.05) is 6.54 Å². The van der Waals surface area contributed by atoms with Crippen molar-refractivity contribution >= 4 is 40.9 Å². The molecule has 1 aliphatic rings. The number of carbonyl (C=O) groups is 1. The molecular formula is C10H11Cl2N3OS. The van der Waals surface area contributed by atoms with Gasteiger partial charge < -0.3 is 5.32 Å². The second-order valence-electron chi connectivity index (χ2n) is 3.50. The third-order valence-corrected chi connectivity index (χ3v) is 3.98. The number of thioether (sulfide) groups is 1. The van der Waals surface area contributed by atoms with Crippen LogP contribution in [0.1, 0.15) is 5.56 Å². The summed E-state index contributed by atoms with van der Waals surface area (Å²) >= 11 is 13.3. The van der Waals surface area contributed by atoms with Crippen molar-refractivity contribution in [2.24, 2.45) is 0 Å². The Kier molecular flexibility index (Phi) is 4.53. The summed E-state index contributed by atoms with van der Waals surface area (Å²) < 4.78 is 0. The molecule has 0 aromatic heterocycles. The predicted octanol–water partition coefficient (Wildman–Crippen LogP) is 1.73. The van der Waals surface area contributed by atoms with Gasteiger partial charge in [0.2, 0.25) is 5.91 Å². The fraction of sp³-hybridized carbons (Fsp3) is 0.300. The minimum absolute atomic E-state index is 0.0182. The highest BCUT2D eigenvalue weighted by molar-refractivity contribution is 7.99. The van der Waals surface area contributed by atoms with E-state index < -0.39 is 0 Å². The van der Waals surface area contributed by atoms with Gasteiger partial charge in [0.15, 0.2) is 0 Å². The molecule has 92 valence electrons. The first-order valence-electron chi connectivity index (χ1n) is 4.98. The van der Waals surface area contributed by atoms with E-state index in [4.69, 9.17) is 23.2 Å². The summed E-state index contributed by atoms with van der Waals surface area (Å²) in [6.07, 6.45) is 0. The maximum Gasteiger partial charge on any atom is 0.237 e. The smallest absolute Gasteiger partial charge is 0.237 e. The Bertz CT molecular complexity index is 430. The average Bonchev–Trinajstić information content (AvgIpc) is 2.31. The normalized spacial score (nSPS) is 20.1. The van der Waals surface area contributed by atoms with E-state index in [0.29, 0.717) is 16.6 Å². The van der Waals surface area contributed by atoms with Gasteiger partial charge in [0.25, 0.3) is 0 Å². The molecule has 0 bridgehead atoms. The van der Waals surface area contributed by atoms with Crippen LogP contribution in [0.5, 0.6) is 0 Å². The molecule has 2 rings (SSSR count). The zero-order chi connectivity index (χ0) is 12.3. The van der Waals surface area contributed by atoms with Gasteiger partial charge in [0, 0.05) is 5.75 Å². The lowest BCUT2D eigenvalue weighted by Gasteiger charge is -2.24. The van der Waals surface area contributed by atoms with Crippen LogP contribution in [0.3, 0.4) is 0 Å². The monoisotopic (exact) mass is 291 g/mol. The van der Waals surface area contributed by atoms with Gasteiger partial charge in [-0.25, -0.2) is 10.9 Å². The molecule has 0 aliphatic carbocycles. The van der Waals surface area contributed by atoms with E-state index in [9.17, 15) is 4.79 Å². The van der Waals surface area contributed by atoms with Gasteiger partial charge in [-0.1, -0.05) is 29.3 Å². The van der Waals surface area contributed by atoms with Crippen LogP contribution >= 0.6 is 35.0 Å². The maximum atomic E-state index is 11.1. The maximum absolute atomic E-state index is 11.1. The Balaban J connectivity index is 1.88. The quantitative estimate of drug-likeness (QED) is 0.794. The van der Waals surface area contributed by atoms with Crippen LogP contribution < -0.4 is 16.2 Å². The number of hydrazine groups is 1. The molecule has 1 amide bonds. The Morgan fingerprint density at radius 2 is 2.18 bits per heavy atom. The number of hydrogen-bond donors (Lipinski definition) is 3. The summed E-state index contributed by atoms with van der Waals surface area (Å²) in [5.74, 6) is 0.714. The lowest BCUT2D eigenvalue weighted by molar-refractivity contribution is -0.122. The van der Waals surface area contributed by atoms with Gasteiger partial charge >= 0.3 is 0 Å². The van der Waals surface area contributed by atoms with Crippen molar-refractivity contribution in [1.82, 2.24) is 16.2 Å². The zero-order valence-corrected chi connectivity index (χ0v) is 11.1. The van der Waals surface area contributed by atoms with Crippen LogP contribution in [0.15, 0.2) is 18.2 Å². The highest BCUT2D eigenvalue weighted by atomic mass is 35.5. The van der Waals surface area contributed by atoms with Crippen molar-refractivity contribution in [2.45, 2.75) is 11.3 Å². The van der Waals surface area contributed by atoms with Crippen molar-refractivity contribution in [3.8, 4) is 0 Å². The number of rotatable bonds is 3. The topological polar surface area (TPSA) is 53.2 Å². The van der Waals surface area contributed by atoms with E-state index in [2.05, 4.69) is 16.2 Å². The van der Waals surface area contributed by atoms with E-state index in [-0.39, 0.29) is 11.4 Å². The summed E-state index contributed by atoms with van der Waals surface area (Å²) in [6.45, 7) is 0.295. The minimum Gasteiger partial charge on any atom is -0.330 e. The van der Waals surface area contributed by atoms with E-state index in [1.807, 2.05) is 12.1 Å². The standard InChI is InChI=1S/C10H11Cl2N3OS/c11-7-2-1-6(3-8(7)12)5-17-10-14-9(16)4-13-15-10/h1-3,10,13,15H,4-5H2,(H,14,16). The Morgan fingerprint density at radius 3 is 2.88 bits per heavy atom. The van der Waals surface area contributed by atoms with Gasteiger partial charge in [0.05, 0.1) is 16.6 Å². The largest absolute Gasteiger partial charge is 0.330 e. The van der Waals surface area contributed by atoms with Gasteiger partial charge in [0.1, 0.15) is 5.50 Å². The van der Waals surface area contributed by atoms with Crippen molar-refractivity contribution in [1.29, 1.82) is 0 Å². The molecule has 1 saturated heterocycles. The lowest BCUT2D eigenvalue weighted by atomic mass is 10.2. The molecule has 0 saturated carbocycles. The molecule has 7 heteroatoms. The minimum atomic E-state index is -0.134. The number of halogens is 2. The summed E-state index contributed by atoms with van der Waals surface area (Å²) in [4.78, 5) is 11.1. The molecule has 3 N–H and O–H groups in total. The fourth-order valence-corrected chi connectivity index (χ4v) is 2.59. The summed E-state index contributed by atoms with van der Waals surface area (Å²) in [5.41, 5.74) is 6.71. The van der Waals surface area contributed by atoms with Gasteiger partial charge in [-0.15, -0.1) is 11.8 Å². The lowest BCUT2D eigenvalue weighted by Crippen LogP contribution is -2.58. The van der Waals surface area contributed by atoms with Crippen molar-refractivity contribution in [3.05, 3.63) is 33.8 Å². The molecule has 1 aliphatic heterocycles. The van der Waals surface area contributed by atoms with Gasteiger partial charge in [-0.05, 0) is 17.7 Å². The molecular weight excluding hydrogens is 281 g/mol. The second-order valence-corrected chi connectivity index (χ2v) is 5.41. The summed E-state index contributed by atoms with van der Waals surface area (Å²) in [7, 11) is 0. The van der Waals surface area contributed by atoms with Crippen LogP contribution in [0.2, 0.25) is 10.0 Å². The van der Waals surface area contributed by atoms with Crippen LogP contribution in [-0.4, -0.2) is 17.9 Å². The third-order valence-electron chi connectivity index (χ3n) is 2.17. The molecule has 0 spiro atoms. The van der Waals surface area contributed by atoms with Crippen LogP contribution in [-0.2, 0) is 10.5 Å². The van der Waals surface area contributed by atoms with Crippen molar-refractivity contribution in [3.63, 3.8) is 0 Å². The predicted molar refractivity (Wildman–Crippen MR) is 70.8 cm³/mol. The molecule has 1 fully saturated rings. The molecule has 1 aromatic rings.